The fourth-order valence-electron chi connectivity index (χ4n) is 1.28. The molecule has 1 atom stereocenters. The van der Waals surface area contributed by atoms with Crippen LogP contribution >= 0.6 is 0 Å². The molecule has 0 saturated heterocycles. The zero-order valence-corrected chi connectivity index (χ0v) is 8.87. The third kappa shape index (κ3) is 5.54. The van der Waals surface area contributed by atoms with Crippen molar-refractivity contribution in [2.45, 2.75) is 31.3 Å². The molecule has 14 heavy (non-hydrogen) atoms. The Morgan fingerprint density at radius 2 is 2.14 bits per heavy atom. The Morgan fingerprint density at radius 1 is 1.36 bits per heavy atom. The number of aliphatic hydroxyl groups is 1. The maximum atomic E-state index is 9.06. The number of aliphatic hydroxyl groups excluding tert-OH is 1. The second-order valence-electron chi connectivity index (χ2n) is 3.71. The van der Waals surface area contributed by atoms with Gasteiger partial charge in [0.25, 0.3) is 0 Å². The molecule has 1 aliphatic carbocycles. The Morgan fingerprint density at radius 3 is 2.71 bits per heavy atom. The van der Waals surface area contributed by atoms with Crippen LogP contribution in [-0.4, -0.2) is 50.7 Å². The minimum atomic E-state index is 0.199. The Hall–Kier alpha value is -0.160. The van der Waals surface area contributed by atoms with Gasteiger partial charge in [-0.3, -0.25) is 0 Å². The Kier molecular flexibility index (Phi) is 6.10. The fourth-order valence-corrected chi connectivity index (χ4v) is 1.28. The van der Waals surface area contributed by atoms with Crippen LogP contribution in [0, 0.1) is 0 Å². The van der Waals surface area contributed by atoms with Crippen molar-refractivity contribution in [3.8, 4) is 0 Å². The third-order valence-electron chi connectivity index (χ3n) is 2.31. The van der Waals surface area contributed by atoms with E-state index in [1.165, 1.54) is 12.8 Å². The van der Waals surface area contributed by atoms with E-state index >= 15 is 0 Å². The predicted octanol–water partition coefficient (Wildman–Crippen LogP) is 0.152. The standard InChI is InChI=1S/C10H21NO3/c1-13-6-7-14-5-4-10(8-12)11-9-2-3-9/h9-12H,2-8H2,1H3. The molecule has 84 valence electrons. The maximum Gasteiger partial charge on any atom is 0.0700 e. The van der Waals surface area contributed by atoms with Crippen LogP contribution in [0.25, 0.3) is 0 Å². The van der Waals surface area contributed by atoms with Gasteiger partial charge in [-0.1, -0.05) is 0 Å². The molecule has 4 nitrogen and oxygen atoms in total. The normalized spacial score (nSPS) is 18.4. The lowest BCUT2D eigenvalue weighted by Crippen LogP contribution is -2.35. The molecule has 0 aromatic rings. The summed E-state index contributed by atoms with van der Waals surface area (Å²) >= 11 is 0. The van der Waals surface area contributed by atoms with Crippen molar-refractivity contribution in [3.63, 3.8) is 0 Å². The molecule has 0 aliphatic heterocycles. The van der Waals surface area contributed by atoms with E-state index in [1.807, 2.05) is 0 Å². The second kappa shape index (κ2) is 7.17. The molecular formula is C10H21NO3. The van der Waals surface area contributed by atoms with Crippen molar-refractivity contribution in [2.24, 2.45) is 0 Å². The van der Waals surface area contributed by atoms with Gasteiger partial charge in [-0.15, -0.1) is 0 Å². The van der Waals surface area contributed by atoms with Crippen molar-refractivity contribution >= 4 is 0 Å². The highest BCUT2D eigenvalue weighted by molar-refractivity contribution is 4.84. The van der Waals surface area contributed by atoms with E-state index in [4.69, 9.17) is 14.6 Å². The molecular weight excluding hydrogens is 182 g/mol. The first-order valence-electron chi connectivity index (χ1n) is 5.30. The molecule has 4 heteroatoms. The lowest BCUT2D eigenvalue weighted by molar-refractivity contribution is 0.0622. The highest BCUT2D eigenvalue weighted by Crippen LogP contribution is 2.19. The van der Waals surface area contributed by atoms with Crippen molar-refractivity contribution in [3.05, 3.63) is 0 Å². The van der Waals surface area contributed by atoms with E-state index in [9.17, 15) is 0 Å². The van der Waals surface area contributed by atoms with E-state index in [0.29, 0.717) is 25.9 Å². The summed E-state index contributed by atoms with van der Waals surface area (Å²) in [7, 11) is 1.66. The van der Waals surface area contributed by atoms with Gasteiger partial charge in [-0.2, -0.15) is 0 Å². The number of hydrogen-bond acceptors (Lipinski definition) is 4. The average Bonchev–Trinajstić information content (AvgIpc) is 2.99. The van der Waals surface area contributed by atoms with Crippen LogP contribution in [0.3, 0.4) is 0 Å². The quantitative estimate of drug-likeness (QED) is 0.524. The number of rotatable bonds is 9. The molecule has 1 rings (SSSR count). The second-order valence-corrected chi connectivity index (χ2v) is 3.71. The molecule has 0 aromatic heterocycles. The Balaban J connectivity index is 1.90. The number of hydrogen-bond donors (Lipinski definition) is 2. The van der Waals surface area contributed by atoms with E-state index in [1.54, 1.807) is 7.11 Å². The molecule has 1 saturated carbocycles. The first-order valence-corrected chi connectivity index (χ1v) is 5.30. The largest absolute Gasteiger partial charge is 0.395 e. The molecule has 1 aliphatic rings. The minimum Gasteiger partial charge on any atom is -0.395 e. The van der Waals surface area contributed by atoms with Crippen LogP contribution in [0.1, 0.15) is 19.3 Å². The predicted molar refractivity (Wildman–Crippen MR) is 54.3 cm³/mol. The SMILES string of the molecule is COCCOCCC(CO)NC1CC1. The lowest BCUT2D eigenvalue weighted by Gasteiger charge is -2.15. The van der Waals surface area contributed by atoms with Crippen molar-refractivity contribution < 1.29 is 14.6 Å². The zero-order valence-electron chi connectivity index (χ0n) is 8.87. The first-order chi connectivity index (χ1) is 6.86. The Labute approximate surface area is 85.6 Å². The van der Waals surface area contributed by atoms with Gasteiger partial charge in [0.2, 0.25) is 0 Å². The summed E-state index contributed by atoms with van der Waals surface area (Å²) in [5, 5.41) is 12.4. The smallest absolute Gasteiger partial charge is 0.0700 e. The lowest BCUT2D eigenvalue weighted by atomic mass is 10.2. The monoisotopic (exact) mass is 203 g/mol. The molecule has 1 fully saturated rings. The fraction of sp³-hybridized carbons (Fsp3) is 1.00. The summed E-state index contributed by atoms with van der Waals surface area (Å²) in [5.74, 6) is 0. The molecule has 0 radical (unpaired) electrons. The molecule has 0 heterocycles. The van der Waals surface area contributed by atoms with Crippen molar-refractivity contribution in [2.75, 3.05) is 33.5 Å². The van der Waals surface area contributed by atoms with Crippen LogP contribution in [-0.2, 0) is 9.47 Å². The molecule has 2 N–H and O–H groups in total. The molecule has 0 aromatic carbocycles. The number of methoxy groups -OCH3 is 1. The van der Waals surface area contributed by atoms with Crippen LogP contribution in [0.4, 0.5) is 0 Å². The van der Waals surface area contributed by atoms with E-state index < -0.39 is 0 Å². The van der Waals surface area contributed by atoms with Gasteiger partial charge in [0.15, 0.2) is 0 Å². The van der Waals surface area contributed by atoms with Crippen LogP contribution in [0.5, 0.6) is 0 Å². The van der Waals surface area contributed by atoms with Gasteiger partial charge in [0.1, 0.15) is 0 Å². The third-order valence-corrected chi connectivity index (χ3v) is 2.31. The van der Waals surface area contributed by atoms with Crippen LogP contribution < -0.4 is 5.32 Å². The summed E-state index contributed by atoms with van der Waals surface area (Å²) in [6, 6.07) is 0.844. The van der Waals surface area contributed by atoms with E-state index in [-0.39, 0.29) is 12.6 Å². The van der Waals surface area contributed by atoms with Gasteiger partial charge in [-0.25, -0.2) is 0 Å². The number of nitrogens with one attached hydrogen (secondary N) is 1. The number of ether oxygens (including phenoxy) is 2. The summed E-state index contributed by atoms with van der Waals surface area (Å²) in [4.78, 5) is 0. The van der Waals surface area contributed by atoms with Crippen LogP contribution in [0.2, 0.25) is 0 Å². The summed E-state index contributed by atoms with van der Waals surface area (Å²) < 4.78 is 10.2. The topological polar surface area (TPSA) is 50.7 Å². The van der Waals surface area contributed by atoms with Gasteiger partial charge >= 0.3 is 0 Å². The molecule has 1 unspecified atom stereocenters. The van der Waals surface area contributed by atoms with Gasteiger partial charge in [-0.05, 0) is 19.3 Å². The van der Waals surface area contributed by atoms with E-state index in [2.05, 4.69) is 5.32 Å². The molecule has 0 spiro atoms. The zero-order chi connectivity index (χ0) is 10.2. The van der Waals surface area contributed by atoms with Crippen molar-refractivity contribution in [1.82, 2.24) is 5.32 Å². The molecule has 0 amide bonds. The van der Waals surface area contributed by atoms with E-state index in [0.717, 1.165) is 6.42 Å². The summed E-state index contributed by atoms with van der Waals surface area (Å²) in [5.41, 5.74) is 0. The van der Waals surface area contributed by atoms with Crippen molar-refractivity contribution in [1.29, 1.82) is 0 Å². The first kappa shape index (κ1) is 11.9. The Bertz CT molecular complexity index is 139. The van der Waals surface area contributed by atoms with Crippen LogP contribution in [0.15, 0.2) is 0 Å². The van der Waals surface area contributed by atoms with Gasteiger partial charge < -0.3 is 19.9 Å². The molecule has 0 bridgehead atoms. The van der Waals surface area contributed by atoms with Gasteiger partial charge in [0.05, 0.1) is 19.8 Å². The maximum absolute atomic E-state index is 9.06. The highest BCUT2D eigenvalue weighted by Gasteiger charge is 2.23. The highest BCUT2D eigenvalue weighted by atomic mass is 16.5. The summed E-state index contributed by atoms with van der Waals surface area (Å²) in [6.45, 7) is 2.16. The minimum absolute atomic E-state index is 0.199. The van der Waals surface area contributed by atoms with Gasteiger partial charge in [0, 0.05) is 25.8 Å². The average molecular weight is 203 g/mol. The summed E-state index contributed by atoms with van der Waals surface area (Å²) in [6.07, 6.45) is 3.37.